The van der Waals surface area contributed by atoms with Gasteiger partial charge >= 0.3 is 5.97 Å². The van der Waals surface area contributed by atoms with Crippen molar-refractivity contribution in [3.8, 4) is 16.9 Å². The molecular weight excluding hydrogens is 496 g/mol. The van der Waals surface area contributed by atoms with Crippen LogP contribution in [-0.4, -0.2) is 32.9 Å². The van der Waals surface area contributed by atoms with Crippen LogP contribution in [-0.2, 0) is 33.5 Å². The fraction of sp³-hybridized carbons (Fsp3) is 0.472. The largest absolute Gasteiger partial charge is 0.493 e. The van der Waals surface area contributed by atoms with E-state index in [0.717, 1.165) is 38.2 Å². The molecule has 1 heterocycles. The molecule has 1 spiro atoms. The third kappa shape index (κ3) is 5.07. The first-order chi connectivity index (χ1) is 19.2. The van der Waals surface area contributed by atoms with Crippen LogP contribution in [0.25, 0.3) is 11.1 Å². The lowest BCUT2D eigenvalue weighted by atomic mass is 9.86. The summed E-state index contributed by atoms with van der Waals surface area (Å²) in [5.74, 6) is 1.18. The molecule has 3 aromatic rings. The van der Waals surface area contributed by atoms with Gasteiger partial charge in [-0.1, -0.05) is 43.3 Å². The SMILES string of the molecule is COC(=O)CC1c2ccc(CCc3cccc(-c4c(C)cc(OCC5(C)COC5)cc4C)c3C)cc2CC12CC2. The number of hydrogen-bond donors (Lipinski definition) is 0. The van der Waals surface area contributed by atoms with Crippen LogP contribution in [0.1, 0.15) is 71.0 Å². The Bertz CT molecular complexity index is 1420. The maximum absolute atomic E-state index is 12.1. The summed E-state index contributed by atoms with van der Waals surface area (Å²) in [5, 5.41) is 0. The van der Waals surface area contributed by atoms with E-state index in [4.69, 9.17) is 14.2 Å². The average molecular weight is 539 g/mol. The van der Waals surface area contributed by atoms with Crippen molar-refractivity contribution in [1.29, 1.82) is 0 Å². The van der Waals surface area contributed by atoms with E-state index < -0.39 is 0 Å². The minimum absolute atomic E-state index is 0.0886. The number of aryl methyl sites for hydroxylation is 4. The van der Waals surface area contributed by atoms with Crippen LogP contribution >= 0.6 is 0 Å². The van der Waals surface area contributed by atoms with Gasteiger partial charge in [-0.2, -0.15) is 0 Å². The van der Waals surface area contributed by atoms with Gasteiger partial charge < -0.3 is 14.2 Å². The topological polar surface area (TPSA) is 44.8 Å². The number of rotatable bonds is 9. The van der Waals surface area contributed by atoms with E-state index >= 15 is 0 Å². The molecule has 0 bridgehead atoms. The molecule has 1 atom stereocenters. The number of ether oxygens (including phenoxy) is 3. The number of fused-ring (bicyclic) bond motifs is 1. The van der Waals surface area contributed by atoms with Gasteiger partial charge in [0.05, 0.1) is 33.4 Å². The van der Waals surface area contributed by atoms with Crippen molar-refractivity contribution in [3.63, 3.8) is 0 Å². The molecule has 2 aliphatic carbocycles. The van der Waals surface area contributed by atoms with Crippen molar-refractivity contribution >= 4 is 5.97 Å². The first kappa shape index (κ1) is 27.1. The van der Waals surface area contributed by atoms with Crippen LogP contribution in [0.5, 0.6) is 5.75 Å². The molecule has 2 fully saturated rings. The van der Waals surface area contributed by atoms with Gasteiger partial charge in [0, 0.05) is 11.3 Å². The number of carbonyl (C=O) groups excluding carboxylic acids is 1. The molecule has 210 valence electrons. The van der Waals surface area contributed by atoms with E-state index in [9.17, 15) is 4.79 Å². The molecule has 4 heteroatoms. The lowest BCUT2D eigenvalue weighted by Crippen LogP contribution is -2.44. The van der Waals surface area contributed by atoms with Crippen molar-refractivity contribution in [2.24, 2.45) is 10.8 Å². The molecule has 0 amide bonds. The zero-order valence-electron chi connectivity index (χ0n) is 24.7. The molecule has 40 heavy (non-hydrogen) atoms. The lowest BCUT2D eigenvalue weighted by Gasteiger charge is -2.37. The van der Waals surface area contributed by atoms with E-state index in [-0.39, 0.29) is 11.4 Å². The fourth-order valence-corrected chi connectivity index (χ4v) is 7.13. The van der Waals surface area contributed by atoms with Gasteiger partial charge in [0.25, 0.3) is 0 Å². The van der Waals surface area contributed by atoms with Crippen molar-refractivity contribution in [1.82, 2.24) is 0 Å². The van der Waals surface area contributed by atoms with E-state index in [2.05, 4.69) is 76.2 Å². The zero-order valence-corrected chi connectivity index (χ0v) is 24.7. The summed E-state index contributed by atoms with van der Waals surface area (Å²) in [6.45, 7) is 11.1. The van der Waals surface area contributed by atoms with E-state index in [1.54, 1.807) is 0 Å². The Balaban J connectivity index is 1.17. The second kappa shape index (κ2) is 10.4. The summed E-state index contributed by atoms with van der Waals surface area (Å²) in [5.41, 5.74) is 12.5. The summed E-state index contributed by atoms with van der Waals surface area (Å²) in [6, 6.07) is 18.1. The Labute approximate surface area is 239 Å². The van der Waals surface area contributed by atoms with Crippen LogP contribution in [0.3, 0.4) is 0 Å². The summed E-state index contributed by atoms with van der Waals surface area (Å²) in [6.07, 6.45) is 6.09. The van der Waals surface area contributed by atoms with Crippen LogP contribution < -0.4 is 4.74 Å². The van der Waals surface area contributed by atoms with Gasteiger partial charge in [-0.25, -0.2) is 0 Å². The van der Waals surface area contributed by atoms with Crippen LogP contribution in [0, 0.1) is 31.6 Å². The highest BCUT2D eigenvalue weighted by molar-refractivity contribution is 5.75. The molecule has 0 radical (unpaired) electrons. The molecule has 1 unspecified atom stereocenters. The smallest absolute Gasteiger partial charge is 0.306 e. The Morgan fingerprint density at radius 2 is 1.75 bits per heavy atom. The predicted molar refractivity (Wildman–Crippen MR) is 159 cm³/mol. The third-order valence-electron chi connectivity index (χ3n) is 9.75. The summed E-state index contributed by atoms with van der Waals surface area (Å²) in [7, 11) is 1.50. The van der Waals surface area contributed by atoms with Gasteiger partial charge in [0.2, 0.25) is 0 Å². The number of methoxy groups -OCH3 is 1. The predicted octanol–water partition coefficient (Wildman–Crippen LogP) is 7.46. The number of hydrogen-bond acceptors (Lipinski definition) is 4. The first-order valence-corrected chi connectivity index (χ1v) is 14.8. The Kier molecular flexibility index (Phi) is 7.02. The first-order valence-electron chi connectivity index (χ1n) is 14.8. The summed E-state index contributed by atoms with van der Waals surface area (Å²) >= 11 is 0. The van der Waals surface area contributed by atoms with Crippen molar-refractivity contribution in [2.45, 2.75) is 72.1 Å². The Hall–Kier alpha value is -3.11. The van der Waals surface area contributed by atoms with Gasteiger partial charge in [-0.05, 0) is 120 Å². The molecule has 3 aromatic carbocycles. The molecule has 4 nitrogen and oxygen atoms in total. The van der Waals surface area contributed by atoms with Gasteiger partial charge in [-0.15, -0.1) is 0 Å². The Morgan fingerprint density at radius 1 is 1.00 bits per heavy atom. The van der Waals surface area contributed by atoms with E-state index in [1.165, 1.54) is 70.0 Å². The van der Waals surface area contributed by atoms with Gasteiger partial charge in [-0.3, -0.25) is 4.79 Å². The minimum atomic E-state index is -0.0886. The number of carbonyl (C=O) groups is 1. The molecule has 0 aromatic heterocycles. The van der Waals surface area contributed by atoms with Gasteiger partial charge in [0.15, 0.2) is 0 Å². The van der Waals surface area contributed by atoms with E-state index in [0.29, 0.717) is 24.4 Å². The van der Waals surface area contributed by atoms with E-state index in [1.807, 2.05) is 0 Å². The summed E-state index contributed by atoms with van der Waals surface area (Å²) in [4.78, 5) is 12.1. The summed E-state index contributed by atoms with van der Waals surface area (Å²) < 4.78 is 16.6. The quantitative estimate of drug-likeness (QED) is 0.265. The molecule has 6 rings (SSSR count). The monoisotopic (exact) mass is 538 g/mol. The zero-order chi connectivity index (χ0) is 28.1. The third-order valence-corrected chi connectivity index (χ3v) is 9.75. The molecule has 1 saturated carbocycles. The van der Waals surface area contributed by atoms with Crippen LogP contribution in [0.4, 0.5) is 0 Å². The fourth-order valence-electron chi connectivity index (χ4n) is 7.13. The van der Waals surface area contributed by atoms with Crippen LogP contribution in [0.15, 0.2) is 48.5 Å². The normalized spacial score (nSPS) is 19.7. The highest BCUT2D eigenvalue weighted by Crippen LogP contribution is 2.64. The number of esters is 1. The lowest BCUT2D eigenvalue weighted by molar-refractivity contribution is -0.141. The molecule has 1 aliphatic heterocycles. The highest BCUT2D eigenvalue weighted by Gasteiger charge is 2.54. The van der Waals surface area contributed by atoms with Crippen LogP contribution in [0.2, 0.25) is 0 Å². The molecule has 0 N–H and O–H groups in total. The maximum Gasteiger partial charge on any atom is 0.306 e. The maximum atomic E-state index is 12.1. The minimum Gasteiger partial charge on any atom is -0.493 e. The van der Waals surface area contributed by atoms with Crippen molar-refractivity contribution in [2.75, 3.05) is 26.9 Å². The Morgan fingerprint density at radius 3 is 2.40 bits per heavy atom. The van der Waals surface area contributed by atoms with Crippen molar-refractivity contribution < 1.29 is 19.0 Å². The second-order valence-electron chi connectivity index (χ2n) is 13.0. The molecular formula is C36H42O4. The average Bonchev–Trinajstić information content (AvgIpc) is 3.63. The standard InChI is InChI=1S/C36H42O4/c1-23-15-29(40-22-35(4)20-39-21-35)16-24(2)34(23)30-8-6-7-27(25(30)3)11-9-26-10-12-31-28(17-26)19-36(13-14-36)32(31)18-33(37)38-5/h6-8,10,12,15-17,32H,9,11,13-14,18-22H2,1-5H3. The second-order valence-corrected chi connectivity index (χ2v) is 13.0. The number of benzene rings is 3. The highest BCUT2D eigenvalue weighted by atomic mass is 16.5. The molecule has 3 aliphatic rings. The molecule has 1 saturated heterocycles. The van der Waals surface area contributed by atoms with Crippen molar-refractivity contribution in [3.05, 3.63) is 87.5 Å². The van der Waals surface area contributed by atoms with Gasteiger partial charge in [0.1, 0.15) is 5.75 Å².